The summed E-state index contributed by atoms with van der Waals surface area (Å²) in [5, 5.41) is 14.4. The van der Waals surface area contributed by atoms with E-state index in [4.69, 9.17) is 4.74 Å². The molecule has 2 aromatic heterocycles. The van der Waals surface area contributed by atoms with Crippen LogP contribution in [-0.4, -0.2) is 39.0 Å². The zero-order valence-electron chi connectivity index (χ0n) is 14.1. The first-order valence-electron chi connectivity index (χ1n) is 7.70. The highest BCUT2D eigenvalue weighted by molar-refractivity contribution is 8.00. The van der Waals surface area contributed by atoms with Crippen LogP contribution in [0.25, 0.3) is 10.2 Å². The van der Waals surface area contributed by atoms with Crippen molar-refractivity contribution in [1.82, 2.24) is 9.97 Å². The Hall–Kier alpha value is -2.85. The third-order valence-electron chi connectivity index (χ3n) is 3.64. The Morgan fingerprint density at radius 3 is 2.89 bits per heavy atom. The standard InChI is InChI=1S/C17H13N3O5S2/c1-10-2-3-11(6-13(10)20(23)24)14(21)7-25-15(22)8-27-17-12-4-5-26-16(12)18-9-19-17/h2-6,9H,7-8H2,1H3. The van der Waals surface area contributed by atoms with Crippen LogP contribution in [0.2, 0.25) is 0 Å². The minimum atomic E-state index is -0.572. The molecule has 0 N–H and O–H groups in total. The van der Waals surface area contributed by atoms with Gasteiger partial charge in [0.05, 0.1) is 10.7 Å². The lowest BCUT2D eigenvalue weighted by Crippen LogP contribution is -2.15. The fourth-order valence-electron chi connectivity index (χ4n) is 2.26. The van der Waals surface area contributed by atoms with Crippen molar-refractivity contribution in [3.8, 4) is 0 Å². The van der Waals surface area contributed by atoms with E-state index in [-0.39, 0.29) is 17.0 Å². The van der Waals surface area contributed by atoms with E-state index in [2.05, 4.69) is 9.97 Å². The number of rotatable bonds is 7. The first-order valence-corrected chi connectivity index (χ1v) is 9.57. The smallest absolute Gasteiger partial charge is 0.316 e. The number of nitro groups is 1. The van der Waals surface area contributed by atoms with E-state index in [9.17, 15) is 19.7 Å². The Bertz CT molecular complexity index is 1030. The molecule has 0 atom stereocenters. The molecule has 8 nitrogen and oxygen atoms in total. The number of thiophene rings is 1. The second-order valence-electron chi connectivity index (χ2n) is 5.45. The van der Waals surface area contributed by atoms with Gasteiger partial charge in [0.2, 0.25) is 5.78 Å². The van der Waals surface area contributed by atoms with E-state index in [1.165, 1.54) is 47.6 Å². The van der Waals surface area contributed by atoms with Crippen LogP contribution >= 0.6 is 23.1 Å². The van der Waals surface area contributed by atoms with Gasteiger partial charge in [-0.1, -0.05) is 23.9 Å². The Morgan fingerprint density at radius 2 is 2.11 bits per heavy atom. The number of Topliss-reactive ketones (excluding diaryl/α,β-unsaturated/α-hetero) is 1. The van der Waals surface area contributed by atoms with E-state index in [1.807, 2.05) is 11.4 Å². The second-order valence-corrected chi connectivity index (χ2v) is 7.31. The number of nitrogens with zero attached hydrogens (tertiary/aromatic N) is 3. The maximum Gasteiger partial charge on any atom is 0.316 e. The molecule has 0 amide bonds. The third kappa shape index (κ3) is 4.47. The number of hydrogen-bond donors (Lipinski definition) is 0. The molecule has 2 heterocycles. The molecule has 3 aromatic rings. The molecular formula is C17H13N3O5S2. The largest absolute Gasteiger partial charge is 0.457 e. The maximum atomic E-state index is 12.1. The summed E-state index contributed by atoms with van der Waals surface area (Å²) in [5.41, 5.74) is 0.435. The minimum Gasteiger partial charge on any atom is -0.457 e. The van der Waals surface area contributed by atoms with Crippen molar-refractivity contribution in [2.75, 3.05) is 12.4 Å². The average Bonchev–Trinajstić information content (AvgIpc) is 3.13. The second kappa shape index (κ2) is 8.23. The van der Waals surface area contributed by atoms with Gasteiger partial charge in [0.25, 0.3) is 5.69 Å². The van der Waals surface area contributed by atoms with Gasteiger partial charge in [-0.3, -0.25) is 19.7 Å². The molecule has 0 unspecified atom stereocenters. The van der Waals surface area contributed by atoms with Gasteiger partial charge in [-0.05, 0) is 18.4 Å². The molecule has 0 saturated carbocycles. The number of nitro benzene ring substituents is 1. The summed E-state index contributed by atoms with van der Waals surface area (Å²) in [6.07, 6.45) is 1.43. The number of aromatic nitrogens is 2. The molecule has 0 fully saturated rings. The van der Waals surface area contributed by atoms with Crippen molar-refractivity contribution >= 4 is 50.8 Å². The molecule has 0 bridgehead atoms. The van der Waals surface area contributed by atoms with Gasteiger partial charge in [0.15, 0.2) is 6.61 Å². The van der Waals surface area contributed by atoms with Crippen LogP contribution in [0, 0.1) is 17.0 Å². The van der Waals surface area contributed by atoms with Crippen LogP contribution < -0.4 is 0 Å². The normalized spacial score (nSPS) is 10.7. The Labute approximate surface area is 161 Å². The van der Waals surface area contributed by atoms with Crippen LogP contribution in [0.4, 0.5) is 5.69 Å². The van der Waals surface area contributed by atoms with Crippen molar-refractivity contribution in [2.24, 2.45) is 0 Å². The predicted molar refractivity (Wildman–Crippen MR) is 101 cm³/mol. The quantitative estimate of drug-likeness (QED) is 0.147. The lowest BCUT2D eigenvalue weighted by Gasteiger charge is -2.05. The average molecular weight is 403 g/mol. The first-order chi connectivity index (χ1) is 13.0. The molecule has 0 spiro atoms. The van der Waals surface area contributed by atoms with Gasteiger partial charge in [-0.25, -0.2) is 9.97 Å². The fourth-order valence-corrected chi connectivity index (χ4v) is 3.84. The SMILES string of the molecule is Cc1ccc(C(=O)COC(=O)CSc2ncnc3sccc23)cc1[N+](=O)[O-]. The molecule has 10 heteroatoms. The zero-order valence-corrected chi connectivity index (χ0v) is 15.7. The highest BCUT2D eigenvalue weighted by Crippen LogP contribution is 2.27. The van der Waals surface area contributed by atoms with E-state index >= 15 is 0 Å². The monoisotopic (exact) mass is 403 g/mol. The summed E-state index contributed by atoms with van der Waals surface area (Å²) in [6.45, 7) is 1.11. The molecule has 0 aliphatic carbocycles. The molecular weight excluding hydrogens is 390 g/mol. The van der Waals surface area contributed by atoms with Crippen molar-refractivity contribution in [2.45, 2.75) is 11.9 Å². The van der Waals surface area contributed by atoms with Gasteiger partial charge >= 0.3 is 5.97 Å². The number of carbonyl (C=O) groups excluding carboxylic acids is 2. The summed E-state index contributed by atoms with van der Waals surface area (Å²) in [6, 6.07) is 6.03. The molecule has 0 radical (unpaired) electrons. The zero-order chi connectivity index (χ0) is 19.4. The molecule has 1 aromatic carbocycles. The first kappa shape index (κ1) is 18.9. The van der Waals surface area contributed by atoms with Gasteiger partial charge in [-0.2, -0.15) is 0 Å². The molecule has 138 valence electrons. The third-order valence-corrected chi connectivity index (χ3v) is 5.44. The van der Waals surface area contributed by atoms with E-state index in [0.29, 0.717) is 10.6 Å². The summed E-state index contributed by atoms with van der Waals surface area (Å²) >= 11 is 2.68. The van der Waals surface area contributed by atoms with Gasteiger partial charge in [-0.15, -0.1) is 11.3 Å². The Kier molecular flexibility index (Phi) is 5.77. The molecule has 3 rings (SSSR count). The number of ether oxygens (including phenoxy) is 1. The molecule has 27 heavy (non-hydrogen) atoms. The van der Waals surface area contributed by atoms with E-state index < -0.39 is 23.3 Å². The number of esters is 1. The van der Waals surface area contributed by atoms with Gasteiger partial charge in [0, 0.05) is 22.6 Å². The molecule has 0 aliphatic rings. The van der Waals surface area contributed by atoms with E-state index in [0.717, 1.165) is 10.2 Å². The minimum absolute atomic E-state index is 0.0106. The summed E-state index contributed by atoms with van der Waals surface area (Å²) in [5.74, 6) is -1.08. The number of hydrogen-bond acceptors (Lipinski definition) is 9. The van der Waals surface area contributed by atoms with Crippen LogP contribution in [0.5, 0.6) is 0 Å². The van der Waals surface area contributed by atoms with Crippen molar-refractivity contribution in [3.63, 3.8) is 0 Å². The van der Waals surface area contributed by atoms with Crippen molar-refractivity contribution in [1.29, 1.82) is 0 Å². The van der Waals surface area contributed by atoms with E-state index in [1.54, 1.807) is 6.92 Å². The maximum absolute atomic E-state index is 12.1. The number of aryl methyl sites for hydroxylation is 1. The lowest BCUT2D eigenvalue weighted by molar-refractivity contribution is -0.385. The summed E-state index contributed by atoms with van der Waals surface area (Å²) in [4.78, 5) is 43.5. The van der Waals surface area contributed by atoms with Gasteiger partial charge in [0.1, 0.15) is 16.2 Å². The molecule has 0 saturated heterocycles. The number of fused-ring (bicyclic) bond motifs is 1. The number of benzene rings is 1. The number of ketones is 1. The summed E-state index contributed by atoms with van der Waals surface area (Å²) in [7, 11) is 0. The van der Waals surface area contributed by atoms with Crippen LogP contribution in [-0.2, 0) is 9.53 Å². The number of carbonyl (C=O) groups is 2. The van der Waals surface area contributed by atoms with Crippen LogP contribution in [0.3, 0.4) is 0 Å². The predicted octanol–water partition coefficient (Wildman–Crippen LogP) is 3.43. The fraction of sp³-hybridized carbons (Fsp3) is 0.176. The molecule has 0 aliphatic heterocycles. The highest BCUT2D eigenvalue weighted by Gasteiger charge is 2.17. The lowest BCUT2D eigenvalue weighted by atomic mass is 10.1. The number of thioether (sulfide) groups is 1. The summed E-state index contributed by atoms with van der Waals surface area (Å²) < 4.78 is 4.98. The Balaban J connectivity index is 1.56. The van der Waals surface area contributed by atoms with Crippen LogP contribution in [0.1, 0.15) is 15.9 Å². The van der Waals surface area contributed by atoms with Crippen molar-refractivity contribution < 1.29 is 19.2 Å². The Morgan fingerprint density at radius 1 is 1.30 bits per heavy atom. The highest BCUT2D eigenvalue weighted by atomic mass is 32.2. The topological polar surface area (TPSA) is 112 Å². The van der Waals surface area contributed by atoms with Crippen LogP contribution in [0.15, 0.2) is 41.0 Å². The van der Waals surface area contributed by atoms with Crippen molar-refractivity contribution in [3.05, 3.63) is 57.2 Å². The van der Waals surface area contributed by atoms with Gasteiger partial charge < -0.3 is 4.74 Å².